The molecule has 0 heterocycles. The Morgan fingerprint density at radius 3 is 2.19 bits per heavy atom. The third-order valence-electron chi connectivity index (χ3n) is 3.39. The molecule has 2 rings (SSSR count). The van der Waals surface area contributed by atoms with Crippen LogP contribution in [0.3, 0.4) is 0 Å². The molecule has 2 aromatic rings. The molecule has 0 spiro atoms. The first-order valence-corrected chi connectivity index (χ1v) is 8.73. The lowest BCUT2D eigenvalue weighted by molar-refractivity contribution is -0.123. The molecule has 0 fully saturated rings. The third kappa shape index (κ3) is 6.33. The second-order valence-electron chi connectivity index (χ2n) is 5.32. The van der Waals surface area contributed by atoms with Crippen LogP contribution in [0.4, 0.5) is 0 Å². The minimum absolute atomic E-state index is 0.0958. The van der Waals surface area contributed by atoms with Crippen LogP contribution in [-0.4, -0.2) is 38.1 Å². The standard InChI is InChI=1S/C19H22N2O4S/c1-2-24-14-7-9-15(10-8-14)25-13-18(22)20-11-12-21-19(23)16-5-3-4-6-17(16)26/h3-10,26H,2,11-13H2,1H3,(H,20,22)(H,21,23). The van der Waals surface area contributed by atoms with Gasteiger partial charge >= 0.3 is 0 Å². The Labute approximate surface area is 158 Å². The maximum atomic E-state index is 12.0. The van der Waals surface area contributed by atoms with Gasteiger partial charge in [0, 0.05) is 18.0 Å². The van der Waals surface area contributed by atoms with Gasteiger partial charge in [0.25, 0.3) is 11.8 Å². The van der Waals surface area contributed by atoms with Gasteiger partial charge in [0.2, 0.25) is 0 Å². The van der Waals surface area contributed by atoms with Crippen LogP contribution in [-0.2, 0) is 4.79 Å². The second kappa shape index (κ2) is 10.4. The number of rotatable bonds is 9. The van der Waals surface area contributed by atoms with Crippen LogP contribution in [0, 0.1) is 0 Å². The summed E-state index contributed by atoms with van der Waals surface area (Å²) in [5, 5.41) is 5.41. The summed E-state index contributed by atoms with van der Waals surface area (Å²) >= 11 is 4.24. The average Bonchev–Trinajstić information content (AvgIpc) is 2.65. The van der Waals surface area contributed by atoms with E-state index in [4.69, 9.17) is 9.47 Å². The van der Waals surface area contributed by atoms with Gasteiger partial charge in [-0.3, -0.25) is 9.59 Å². The smallest absolute Gasteiger partial charge is 0.258 e. The second-order valence-corrected chi connectivity index (χ2v) is 5.80. The van der Waals surface area contributed by atoms with Crippen molar-refractivity contribution >= 4 is 24.4 Å². The first-order valence-electron chi connectivity index (χ1n) is 8.28. The van der Waals surface area contributed by atoms with Gasteiger partial charge in [-0.1, -0.05) is 12.1 Å². The zero-order chi connectivity index (χ0) is 18.8. The molecule has 0 saturated carbocycles. The Balaban J connectivity index is 1.64. The summed E-state index contributed by atoms with van der Waals surface area (Å²) in [4.78, 5) is 24.4. The number of nitrogens with one attached hydrogen (secondary N) is 2. The molecule has 2 N–H and O–H groups in total. The van der Waals surface area contributed by atoms with Gasteiger partial charge in [0.1, 0.15) is 11.5 Å². The summed E-state index contributed by atoms with van der Waals surface area (Å²) in [6.07, 6.45) is 0. The molecule has 0 saturated heterocycles. The van der Waals surface area contributed by atoms with Gasteiger partial charge in [0.05, 0.1) is 12.2 Å². The lowest BCUT2D eigenvalue weighted by atomic mass is 10.2. The van der Waals surface area contributed by atoms with Crippen LogP contribution in [0.2, 0.25) is 0 Å². The van der Waals surface area contributed by atoms with Crippen LogP contribution < -0.4 is 20.1 Å². The Morgan fingerprint density at radius 2 is 1.54 bits per heavy atom. The van der Waals surface area contributed by atoms with Crippen LogP contribution in [0.1, 0.15) is 17.3 Å². The fourth-order valence-corrected chi connectivity index (χ4v) is 2.40. The maximum absolute atomic E-state index is 12.0. The number of amides is 2. The molecule has 0 aromatic heterocycles. The average molecular weight is 374 g/mol. The van der Waals surface area contributed by atoms with Crippen molar-refractivity contribution in [3.8, 4) is 11.5 Å². The van der Waals surface area contributed by atoms with Crippen LogP contribution in [0.5, 0.6) is 11.5 Å². The van der Waals surface area contributed by atoms with Crippen molar-refractivity contribution in [1.82, 2.24) is 10.6 Å². The van der Waals surface area contributed by atoms with Crippen molar-refractivity contribution in [2.75, 3.05) is 26.3 Å². The fourth-order valence-electron chi connectivity index (χ4n) is 2.14. The lowest BCUT2D eigenvalue weighted by Crippen LogP contribution is -2.36. The molecule has 7 heteroatoms. The largest absolute Gasteiger partial charge is 0.494 e. The Kier molecular flexibility index (Phi) is 7.82. The number of carbonyl (C=O) groups excluding carboxylic acids is 2. The highest BCUT2D eigenvalue weighted by Crippen LogP contribution is 2.17. The number of ether oxygens (including phenoxy) is 2. The van der Waals surface area contributed by atoms with Crippen molar-refractivity contribution in [3.05, 3.63) is 54.1 Å². The summed E-state index contributed by atoms with van der Waals surface area (Å²) < 4.78 is 10.7. The summed E-state index contributed by atoms with van der Waals surface area (Å²) in [5.41, 5.74) is 0.501. The fraction of sp³-hybridized carbons (Fsp3) is 0.263. The van der Waals surface area contributed by atoms with Crippen LogP contribution in [0.15, 0.2) is 53.4 Å². The molecule has 138 valence electrons. The molecule has 0 aliphatic rings. The zero-order valence-corrected chi connectivity index (χ0v) is 15.4. The highest BCUT2D eigenvalue weighted by Gasteiger charge is 2.08. The number of benzene rings is 2. The zero-order valence-electron chi connectivity index (χ0n) is 14.5. The number of carbonyl (C=O) groups is 2. The molecule has 2 aromatic carbocycles. The van der Waals surface area contributed by atoms with Crippen LogP contribution in [0.25, 0.3) is 0 Å². The first-order chi connectivity index (χ1) is 12.6. The van der Waals surface area contributed by atoms with E-state index < -0.39 is 0 Å². The Bertz CT molecular complexity index is 735. The molecule has 0 atom stereocenters. The molecule has 0 aliphatic carbocycles. The minimum Gasteiger partial charge on any atom is -0.494 e. The van der Waals surface area contributed by atoms with Crippen molar-refractivity contribution in [1.29, 1.82) is 0 Å². The summed E-state index contributed by atoms with van der Waals surface area (Å²) in [5.74, 6) is 0.850. The lowest BCUT2D eigenvalue weighted by Gasteiger charge is -2.10. The monoisotopic (exact) mass is 374 g/mol. The van der Waals surface area contributed by atoms with E-state index in [2.05, 4.69) is 23.3 Å². The minimum atomic E-state index is -0.261. The summed E-state index contributed by atoms with van der Waals surface area (Å²) in [7, 11) is 0. The highest BCUT2D eigenvalue weighted by atomic mass is 32.1. The van der Waals surface area contributed by atoms with E-state index in [9.17, 15) is 9.59 Å². The Morgan fingerprint density at radius 1 is 0.923 bits per heavy atom. The van der Waals surface area contributed by atoms with Crippen molar-refractivity contribution in [2.24, 2.45) is 0 Å². The van der Waals surface area contributed by atoms with Crippen LogP contribution >= 0.6 is 12.6 Å². The molecule has 6 nitrogen and oxygen atoms in total. The van der Waals surface area contributed by atoms with Crippen molar-refractivity contribution in [2.45, 2.75) is 11.8 Å². The molecule has 26 heavy (non-hydrogen) atoms. The highest BCUT2D eigenvalue weighted by molar-refractivity contribution is 7.80. The van der Waals surface area contributed by atoms with E-state index >= 15 is 0 Å². The SMILES string of the molecule is CCOc1ccc(OCC(=O)NCCNC(=O)c2ccccc2S)cc1. The van der Waals surface area contributed by atoms with Gasteiger partial charge in [-0.15, -0.1) is 12.6 Å². The topological polar surface area (TPSA) is 76.7 Å². The number of hydrogen-bond acceptors (Lipinski definition) is 5. The van der Waals surface area contributed by atoms with E-state index in [1.165, 1.54) is 0 Å². The van der Waals surface area contributed by atoms with Crippen molar-refractivity contribution < 1.29 is 19.1 Å². The number of hydrogen-bond donors (Lipinski definition) is 3. The maximum Gasteiger partial charge on any atom is 0.258 e. The predicted molar refractivity (Wildman–Crippen MR) is 102 cm³/mol. The van der Waals surface area contributed by atoms with Gasteiger partial charge in [-0.2, -0.15) is 0 Å². The molecular formula is C19H22N2O4S. The molecular weight excluding hydrogens is 352 g/mol. The quantitative estimate of drug-likeness (QED) is 0.465. The van der Waals surface area contributed by atoms with E-state index in [1.807, 2.05) is 13.0 Å². The molecule has 0 aliphatic heterocycles. The van der Waals surface area contributed by atoms with Crippen molar-refractivity contribution in [3.63, 3.8) is 0 Å². The van der Waals surface area contributed by atoms with Gasteiger partial charge < -0.3 is 20.1 Å². The Hall–Kier alpha value is -2.67. The summed E-state index contributed by atoms with van der Waals surface area (Å²) in [6, 6.07) is 14.1. The third-order valence-corrected chi connectivity index (χ3v) is 3.78. The predicted octanol–water partition coefficient (Wildman–Crippen LogP) is 2.30. The van der Waals surface area contributed by atoms with Gasteiger partial charge in [-0.05, 0) is 43.3 Å². The van der Waals surface area contributed by atoms with E-state index in [-0.39, 0.29) is 18.4 Å². The first kappa shape index (κ1) is 19.7. The molecule has 0 unspecified atom stereocenters. The molecule has 2 amide bonds. The normalized spacial score (nSPS) is 10.1. The van der Waals surface area contributed by atoms with E-state index in [1.54, 1.807) is 42.5 Å². The molecule has 0 bridgehead atoms. The van der Waals surface area contributed by atoms with Gasteiger partial charge in [0.15, 0.2) is 6.61 Å². The summed E-state index contributed by atoms with van der Waals surface area (Å²) in [6.45, 7) is 3.04. The number of thiol groups is 1. The van der Waals surface area contributed by atoms with E-state index in [0.29, 0.717) is 35.9 Å². The van der Waals surface area contributed by atoms with Gasteiger partial charge in [-0.25, -0.2) is 0 Å². The molecule has 0 radical (unpaired) electrons. The van der Waals surface area contributed by atoms with E-state index in [0.717, 1.165) is 5.75 Å².